The van der Waals surface area contributed by atoms with Crippen LogP contribution in [0.25, 0.3) is 0 Å². The fourth-order valence-corrected chi connectivity index (χ4v) is 1.15. The van der Waals surface area contributed by atoms with Gasteiger partial charge in [0.15, 0.2) is 0 Å². The van der Waals surface area contributed by atoms with E-state index < -0.39 is 0 Å². The van der Waals surface area contributed by atoms with Gasteiger partial charge in [-0.2, -0.15) is 0 Å². The van der Waals surface area contributed by atoms with Gasteiger partial charge in [-0.25, -0.2) is 4.39 Å². The molecule has 1 atom stereocenters. The van der Waals surface area contributed by atoms with Crippen LogP contribution in [0.4, 0.5) is 10.1 Å². The fourth-order valence-electron chi connectivity index (χ4n) is 1.15. The highest BCUT2D eigenvalue weighted by Gasteiger charge is 2.08. The summed E-state index contributed by atoms with van der Waals surface area (Å²) in [5.41, 5.74) is 5.68. The van der Waals surface area contributed by atoms with Gasteiger partial charge in [0, 0.05) is 12.2 Å². The second kappa shape index (κ2) is 5.57. The average molecular weight is 198 g/mol. The first kappa shape index (κ1) is 10.9. The number of β-amino-alcohol motifs (C(OH)–C–C–N with tert-alkyl or cyclic N) is 1. The number of hydrogen-bond donors (Lipinski definition) is 3. The van der Waals surface area contributed by atoms with Crippen LogP contribution in [0.15, 0.2) is 24.3 Å². The molecule has 0 radical (unpaired) electrons. The monoisotopic (exact) mass is 198 g/mol. The van der Waals surface area contributed by atoms with Gasteiger partial charge in [0.2, 0.25) is 0 Å². The summed E-state index contributed by atoms with van der Waals surface area (Å²) in [6, 6.07) is 5.85. The number of hydrogen-bond acceptors (Lipinski definition) is 3. The Bertz CT molecular complexity index is 257. The lowest BCUT2D eigenvalue weighted by molar-refractivity contribution is 0.196. The number of anilines is 1. The predicted molar refractivity (Wildman–Crippen MR) is 54.3 cm³/mol. The van der Waals surface area contributed by atoms with Crippen molar-refractivity contribution in [1.82, 2.24) is 5.32 Å². The minimum atomic E-state index is -0.287. The first-order valence-electron chi connectivity index (χ1n) is 4.58. The van der Waals surface area contributed by atoms with Crippen molar-refractivity contribution >= 4 is 5.69 Å². The molecule has 1 saturated heterocycles. The molecular formula is C10H15FN2O. The van der Waals surface area contributed by atoms with Crippen LogP contribution in [-0.4, -0.2) is 24.3 Å². The first-order valence-corrected chi connectivity index (χ1v) is 4.58. The summed E-state index contributed by atoms with van der Waals surface area (Å²) in [5.74, 6) is -0.287. The maximum absolute atomic E-state index is 12.1. The second-order valence-corrected chi connectivity index (χ2v) is 3.20. The number of nitrogens with one attached hydrogen (secondary N) is 1. The average Bonchev–Trinajstić information content (AvgIpc) is 2.56. The lowest BCUT2D eigenvalue weighted by Crippen LogP contribution is -2.11. The third kappa shape index (κ3) is 4.20. The largest absolute Gasteiger partial charge is 0.399 e. The zero-order valence-corrected chi connectivity index (χ0v) is 7.91. The van der Waals surface area contributed by atoms with E-state index in [1.165, 1.54) is 12.1 Å². The van der Waals surface area contributed by atoms with Crippen molar-refractivity contribution in [1.29, 1.82) is 0 Å². The molecule has 3 nitrogen and oxygen atoms in total. The number of benzene rings is 1. The minimum Gasteiger partial charge on any atom is -0.399 e. The summed E-state index contributed by atoms with van der Waals surface area (Å²) in [4.78, 5) is 0. The van der Waals surface area contributed by atoms with Crippen LogP contribution in [0.1, 0.15) is 6.42 Å². The highest BCUT2D eigenvalue weighted by Crippen LogP contribution is 2.02. The van der Waals surface area contributed by atoms with E-state index in [4.69, 9.17) is 10.8 Å². The number of aliphatic hydroxyl groups excluding tert-OH is 1. The Morgan fingerprint density at radius 2 is 2.29 bits per heavy atom. The molecule has 0 aliphatic carbocycles. The number of nitrogen functional groups attached to an aromatic ring is 1. The summed E-state index contributed by atoms with van der Waals surface area (Å²) in [5, 5.41) is 11.7. The van der Waals surface area contributed by atoms with Crippen molar-refractivity contribution in [2.45, 2.75) is 12.5 Å². The Morgan fingerprint density at radius 1 is 1.50 bits per heavy atom. The molecule has 0 spiro atoms. The van der Waals surface area contributed by atoms with Gasteiger partial charge in [-0.3, -0.25) is 0 Å². The molecule has 2 rings (SSSR count). The Balaban J connectivity index is 0.000000146. The van der Waals surface area contributed by atoms with Gasteiger partial charge >= 0.3 is 0 Å². The van der Waals surface area contributed by atoms with Gasteiger partial charge in [-0.05, 0) is 31.2 Å². The van der Waals surface area contributed by atoms with Gasteiger partial charge in [0.05, 0.1) is 6.10 Å². The zero-order valence-electron chi connectivity index (χ0n) is 7.91. The highest BCUT2D eigenvalue weighted by molar-refractivity contribution is 5.36. The van der Waals surface area contributed by atoms with E-state index in [0.29, 0.717) is 5.69 Å². The molecule has 1 fully saturated rings. The molecule has 1 unspecified atom stereocenters. The van der Waals surface area contributed by atoms with Crippen molar-refractivity contribution in [3.05, 3.63) is 30.1 Å². The topological polar surface area (TPSA) is 58.3 Å². The SMILES string of the molecule is Nc1cccc(F)c1.OC1CCNC1. The molecule has 0 aromatic heterocycles. The second-order valence-electron chi connectivity index (χ2n) is 3.20. The van der Waals surface area contributed by atoms with Crippen molar-refractivity contribution in [3.63, 3.8) is 0 Å². The minimum absolute atomic E-state index is 0.0648. The van der Waals surface area contributed by atoms with Crippen molar-refractivity contribution in [2.24, 2.45) is 0 Å². The Labute approximate surface area is 82.7 Å². The molecule has 1 aromatic rings. The lowest BCUT2D eigenvalue weighted by atomic mass is 10.3. The molecule has 1 aliphatic heterocycles. The van der Waals surface area contributed by atoms with E-state index in [1.54, 1.807) is 12.1 Å². The van der Waals surface area contributed by atoms with E-state index >= 15 is 0 Å². The van der Waals surface area contributed by atoms with Crippen LogP contribution in [-0.2, 0) is 0 Å². The Hall–Kier alpha value is -1.13. The van der Waals surface area contributed by atoms with Crippen molar-refractivity contribution < 1.29 is 9.50 Å². The third-order valence-electron chi connectivity index (χ3n) is 1.88. The first-order chi connectivity index (χ1) is 6.68. The highest BCUT2D eigenvalue weighted by atomic mass is 19.1. The molecule has 0 saturated carbocycles. The Morgan fingerprint density at radius 3 is 2.57 bits per heavy atom. The standard InChI is InChI=1S/C6H6FN.C4H9NO/c7-5-2-1-3-6(8)4-5;6-4-1-2-5-3-4/h1-4H,8H2;4-6H,1-3H2. The molecule has 1 heterocycles. The van der Waals surface area contributed by atoms with Gasteiger partial charge in [0.1, 0.15) is 5.82 Å². The summed E-state index contributed by atoms with van der Waals surface area (Å²) in [6.07, 6.45) is 0.866. The third-order valence-corrected chi connectivity index (χ3v) is 1.88. The number of rotatable bonds is 0. The van der Waals surface area contributed by atoms with Crippen molar-refractivity contribution in [2.75, 3.05) is 18.8 Å². The number of nitrogens with two attached hydrogens (primary N) is 1. The fraction of sp³-hybridized carbons (Fsp3) is 0.400. The van der Waals surface area contributed by atoms with Crippen LogP contribution in [0.5, 0.6) is 0 Å². The number of halogens is 1. The smallest absolute Gasteiger partial charge is 0.125 e. The normalized spacial score (nSPS) is 20.0. The van der Waals surface area contributed by atoms with E-state index in [-0.39, 0.29) is 11.9 Å². The molecule has 1 aliphatic rings. The predicted octanol–water partition coefficient (Wildman–Crippen LogP) is 0.749. The van der Waals surface area contributed by atoms with E-state index in [0.717, 1.165) is 19.5 Å². The van der Waals surface area contributed by atoms with Crippen LogP contribution >= 0.6 is 0 Å². The van der Waals surface area contributed by atoms with E-state index in [2.05, 4.69) is 5.32 Å². The summed E-state index contributed by atoms with van der Waals surface area (Å²) >= 11 is 0. The molecule has 78 valence electrons. The molecular weight excluding hydrogens is 183 g/mol. The number of aliphatic hydroxyl groups is 1. The molecule has 4 heteroatoms. The maximum Gasteiger partial charge on any atom is 0.125 e. The van der Waals surface area contributed by atoms with Gasteiger partial charge in [-0.1, -0.05) is 6.07 Å². The van der Waals surface area contributed by atoms with Crippen LogP contribution in [0, 0.1) is 5.82 Å². The Kier molecular flexibility index (Phi) is 4.35. The van der Waals surface area contributed by atoms with Crippen LogP contribution < -0.4 is 11.1 Å². The molecule has 4 N–H and O–H groups in total. The van der Waals surface area contributed by atoms with Crippen LogP contribution in [0.2, 0.25) is 0 Å². The zero-order chi connectivity index (χ0) is 10.4. The summed E-state index contributed by atoms with van der Waals surface area (Å²) < 4.78 is 12.1. The van der Waals surface area contributed by atoms with E-state index in [1.807, 2.05) is 0 Å². The van der Waals surface area contributed by atoms with Gasteiger partial charge in [0.25, 0.3) is 0 Å². The molecule has 1 aromatic carbocycles. The summed E-state index contributed by atoms with van der Waals surface area (Å²) in [6.45, 7) is 1.78. The van der Waals surface area contributed by atoms with Crippen molar-refractivity contribution in [3.8, 4) is 0 Å². The van der Waals surface area contributed by atoms with E-state index in [9.17, 15) is 4.39 Å². The molecule has 0 amide bonds. The van der Waals surface area contributed by atoms with Crippen LogP contribution in [0.3, 0.4) is 0 Å². The van der Waals surface area contributed by atoms with Gasteiger partial charge < -0.3 is 16.2 Å². The lowest BCUT2D eigenvalue weighted by Gasteiger charge is -1.90. The molecule has 0 bridgehead atoms. The maximum atomic E-state index is 12.1. The quantitative estimate of drug-likeness (QED) is 0.539. The molecule has 14 heavy (non-hydrogen) atoms. The summed E-state index contributed by atoms with van der Waals surface area (Å²) in [7, 11) is 0. The van der Waals surface area contributed by atoms with Gasteiger partial charge in [-0.15, -0.1) is 0 Å².